The highest BCUT2D eigenvalue weighted by atomic mass is 19.1. The van der Waals surface area contributed by atoms with E-state index in [0.717, 1.165) is 12.1 Å². The van der Waals surface area contributed by atoms with Gasteiger partial charge >= 0.3 is 0 Å². The first kappa shape index (κ1) is 13.0. The Bertz CT molecular complexity index is 641. The second-order valence-electron chi connectivity index (χ2n) is 4.11. The maximum atomic E-state index is 14.0. The summed E-state index contributed by atoms with van der Waals surface area (Å²) >= 11 is 0. The van der Waals surface area contributed by atoms with Gasteiger partial charge in [0.15, 0.2) is 17.5 Å². The van der Waals surface area contributed by atoms with E-state index in [0.29, 0.717) is 11.4 Å². The molecule has 5 nitrogen and oxygen atoms in total. The third-order valence-electron chi connectivity index (χ3n) is 2.64. The van der Waals surface area contributed by atoms with E-state index in [1.165, 1.54) is 4.68 Å². The van der Waals surface area contributed by atoms with Crippen LogP contribution in [0.2, 0.25) is 0 Å². The number of aromatic nitrogens is 2. The Balaban J connectivity index is 2.63. The molecular formula is C12H12F2N4O. The summed E-state index contributed by atoms with van der Waals surface area (Å²) in [6.07, 6.45) is 0. The largest absolute Gasteiger partial charge is 0.409 e. The number of amidine groups is 1. The molecule has 0 bridgehead atoms. The molecule has 0 saturated carbocycles. The number of halogens is 2. The Hall–Kier alpha value is -2.44. The van der Waals surface area contributed by atoms with Crippen molar-refractivity contribution in [3.05, 3.63) is 46.8 Å². The fourth-order valence-corrected chi connectivity index (χ4v) is 1.83. The number of aryl methyl sites for hydroxylation is 2. The number of oxime groups is 1. The van der Waals surface area contributed by atoms with Gasteiger partial charge in [-0.3, -0.25) is 0 Å². The van der Waals surface area contributed by atoms with Crippen molar-refractivity contribution in [3.63, 3.8) is 0 Å². The quantitative estimate of drug-likeness (QED) is 0.377. The number of nitrogens with zero attached hydrogens (tertiary/aromatic N) is 3. The molecule has 0 saturated heterocycles. The van der Waals surface area contributed by atoms with Crippen LogP contribution >= 0.6 is 0 Å². The highest BCUT2D eigenvalue weighted by Gasteiger charge is 2.17. The molecule has 100 valence electrons. The second kappa shape index (κ2) is 4.68. The van der Waals surface area contributed by atoms with Crippen molar-refractivity contribution in [2.24, 2.45) is 10.9 Å². The van der Waals surface area contributed by atoms with E-state index in [4.69, 9.17) is 10.9 Å². The fourth-order valence-electron chi connectivity index (χ4n) is 1.83. The minimum atomic E-state index is -0.840. The lowest BCUT2D eigenvalue weighted by Gasteiger charge is -2.09. The van der Waals surface area contributed by atoms with Crippen LogP contribution in [0.1, 0.15) is 17.0 Å². The van der Waals surface area contributed by atoms with E-state index in [1.807, 2.05) is 0 Å². The van der Waals surface area contributed by atoms with Crippen molar-refractivity contribution < 1.29 is 14.0 Å². The van der Waals surface area contributed by atoms with Crippen LogP contribution < -0.4 is 5.73 Å². The minimum Gasteiger partial charge on any atom is -0.409 e. The highest BCUT2D eigenvalue weighted by Crippen LogP contribution is 2.21. The molecule has 0 unspecified atom stereocenters. The summed E-state index contributed by atoms with van der Waals surface area (Å²) < 4.78 is 29.2. The van der Waals surface area contributed by atoms with Gasteiger partial charge in [-0.25, -0.2) is 13.5 Å². The first-order chi connectivity index (χ1) is 8.93. The molecule has 7 heteroatoms. The third kappa shape index (κ3) is 2.26. The van der Waals surface area contributed by atoms with Gasteiger partial charge in [0.1, 0.15) is 5.69 Å². The van der Waals surface area contributed by atoms with Gasteiger partial charge in [-0.05, 0) is 32.0 Å². The number of nitrogens with two attached hydrogens (primary N) is 1. The monoisotopic (exact) mass is 266 g/mol. The van der Waals surface area contributed by atoms with Crippen molar-refractivity contribution in [1.82, 2.24) is 9.78 Å². The molecule has 2 rings (SSSR count). The van der Waals surface area contributed by atoms with Crippen LogP contribution in [0.25, 0.3) is 5.69 Å². The molecule has 0 atom stereocenters. The van der Waals surface area contributed by atoms with Gasteiger partial charge in [0.2, 0.25) is 0 Å². The zero-order valence-electron chi connectivity index (χ0n) is 10.4. The van der Waals surface area contributed by atoms with Gasteiger partial charge in [0, 0.05) is 11.3 Å². The summed E-state index contributed by atoms with van der Waals surface area (Å²) in [5.74, 6) is -2.04. The standard InChI is InChI=1S/C12H12F2N4O/c1-6-3-7(2)18(16-6)11-9(13)4-8(5-10(11)14)12(15)17-19/h3-5,19H,1-2H3,(H2,15,17). The number of hydrogen-bond acceptors (Lipinski definition) is 3. The Morgan fingerprint density at radius 1 is 1.26 bits per heavy atom. The number of rotatable bonds is 2. The van der Waals surface area contributed by atoms with Crippen molar-refractivity contribution in [2.75, 3.05) is 0 Å². The summed E-state index contributed by atoms with van der Waals surface area (Å²) in [5.41, 5.74) is 6.22. The van der Waals surface area contributed by atoms with E-state index in [2.05, 4.69) is 10.3 Å². The summed E-state index contributed by atoms with van der Waals surface area (Å²) in [7, 11) is 0. The highest BCUT2D eigenvalue weighted by molar-refractivity contribution is 5.97. The van der Waals surface area contributed by atoms with Crippen LogP contribution in [0.5, 0.6) is 0 Å². The molecule has 0 amide bonds. The Morgan fingerprint density at radius 3 is 2.26 bits per heavy atom. The predicted octanol–water partition coefficient (Wildman–Crippen LogP) is 1.86. The van der Waals surface area contributed by atoms with E-state index < -0.39 is 11.6 Å². The molecule has 3 N–H and O–H groups in total. The Morgan fingerprint density at radius 2 is 1.84 bits per heavy atom. The molecule has 0 aliphatic carbocycles. The number of benzene rings is 1. The molecule has 2 aromatic rings. The van der Waals surface area contributed by atoms with Gasteiger partial charge in [-0.15, -0.1) is 0 Å². The first-order valence-electron chi connectivity index (χ1n) is 5.44. The number of hydrogen-bond donors (Lipinski definition) is 2. The summed E-state index contributed by atoms with van der Waals surface area (Å²) in [6, 6.07) is 3.68. The van der Waals surface area contributed by atoms with Crippen LogP contribution in [0, 0.1) is 25.5 Å². The van der Waals surface area contributed by atoms with E-state index >= 15 is 0 Å². The molecule has 19 heavy (non-hydrogen) atoms. The van der Waals surface area contributed by atoms with E-state index in [1.54, 1.807) is 19.9 Å². The lowest BCUT2D eigenvalue weighted by molar-refractivity contribution is 0.318. The van der Waals surface area contributed by atoms with Crippen molar-refractivity contribution in [3.8, 4) is 5.69 Å². The molecule has 1 aromatic heterocycles. The van der Waals surface area contributed by atoms with Gasteiger partial charge in [-0.1, -0.05) is 5.16 Å². The second-order valence-corrected chi connectivity index (χ2v) is 4.11. The lowest BCUT2D eigenvalue weighted by atomic mass is 10.1. The van der Waals surface area contributed by atoms with Crippen molar-refractivity contribution in [1.29, 1.82) is 0 Å². The van der Waals surface area contributed by atoms with Crippen LogP contribution in [-0.4, -0.2) is 20.8 Å². The smallest absolute Gasteiger partial charge is 0.170 e. The van der Waals surface area contributed by atoms with Crippen LogP contribution in [0.3, 0.4) is 0 Å². The molecular weight excluding hydrogens is 254 g/mol. The lowest BCUT2D eigenvalue weighted by Crippen LogP contribution is -2.15. The van der Waals surface area contributed by atoms with Gasteiger partial charge < -0.3 is 10.9 Å². The van der Waals surface area contributed by atoms with Crippen molar-refractivity contribution in [2.45, 2.75) is 13.8 Å². The molecule has 1 aromatic carbocycles. The van der Waals surface area contributed by atoms with E-state index in [-0.39, 0.29) is 17.1 Å². The zero-order valence-corrected chi connectivity index (χ0v) is 10.4. The van der Waals surface area contributed by atoms with Crippen LogP contribution in [0.15, 0.2) is 23.4 Å². The zero-order chi connectivity index (χ0) is 14.2. The van der Waals surface area contributed by atoms with E-state index in [9.17, 15) is 8.78 Å². The van der Waals surface area contributed by atoms with Gasteiger partial charge in [0.25, 0.3) is 0 Å². The van der Waals surface area contributed by atoms with Crippen LogP contribution in [0.4, 0.5) is 8.78 Å². The normalized spacial score (nSPS) is 11.9. The Kier molecular flexibility index (Phi) is 3.20. The average Bonchev–Trinajstić information content (AvgIpc) is 2.66. The molecule has 0 radical (unpaired) electrons. The maximum absolute atomic E-state index is 14.0. The first-order valence-corrected chi connectivity index (χ1v) is 5.44. The Labute approximate surface area is 108 Å². The molecule has 1 heterocycles. The minimum absolute atomic E-state index is 0.0391. The average molecular weight is 266 g/mol. The van der Waals surface area contributed by atoms with Crippen molar-refractivity contribution >= 4 is 5.84 Å². The molecule has 0 fully saturated rings. The summed E-state index contributed by atoms with van der Waals surface area (Å²) in [6.45, 7) is 3.42. The van der Waals surface area contributed by atoms with Crippen LogP contribution in [-0.2, 0) is 0 Å². The maximum Gasteiger partial charge on any atom is 0.170 e. The van der Waals surface area contributed by atoms with Gasteiger partial charge in [-0.2, -0.15) is 5.10 Å². The topological polar surface area (TPSA) is 76.4 Å². The molecule has 0 spiro atoms. The predicted molar refractivity (Wildman–Crippen MR) is 65.5 cm³/mol. The fraction of sp³-hybridized carbons (Fsp3) is 0.167. The summed E-state index contributed by atoms with van der Waals surface area (Å²) in [5, 5.41) is 15.2. The SMILES string of the molecule is Cc1cc(C)n(-c2c(F)cc(/C(N)=N/O)cc2F)n1. The molecule has 0 aliphatic rings. The third-order valence-corrected chi connectivity index (χ3v) is 2.64. The summed E-state index contributed by atoms with van der Waals surface area (Å²) in [4.78, 5) is 0. The van der Waals surface area contributed by atoms with Gasteiger partial charge in [0.05, 0.1) is 5.69 Å². The molecule has 0 aliphatic heterocycles.